The maximum atomic E-state index is 13.7. The summed E-state index contributed by atoms with van der Waals surface area (Å²) in [5.74, 6) is 0.216. The van der Waals surface area contributed by atoms with Crippen molar-refractivity contribution in [1.29, 1.82) is 0 Å². The molecule has 1 rings (SSSR count). The molecule has 0 fully saturated rings. The van der Waals surface area contributed by atoms with Gasteiger partial charge in [0.05, 0.1) is 0 Å². The lowest BCUT2D eigenvalue weighted by molar-refractivity contribution is 0.326. The minimum absolute atomic E-state index is 0.101. The van der Waals surface area contributed by atoms with Gasteiger partial charge in [-0.3, -0.25) is 0 Å². The van der Waals surface area contributed by atoms with Crippen molar-refractivity contribution in [2.24, 2.45) is 11.7 Å². The van der Waals surface area contributed by atoms with Crippen LogP contribution in [0.3, 0.4) is 0 Å². The van der Waals surface area contributed by atoms with Crippen molar-refractivity contribution in [3.05, 3.63) is 23.2 Å². The molecule has 0 saturated carbocycles. The van der Waals surface area contributed by atoms with E-state index in [1.807, 2.05) is 13.8 Å². The van der Waals surface area contributed by atoms with Crippen LogP contribution in [0.4, 0.5) is 4.39 Å². The monoisotopic (exact) mass is 256 g/mol. The summed E-state index contributed by atoms with van der Waals surface area (Å²) >= 11 is 0. The second kappa shape index (κ2) is 9.15. The normalized spacial score (nSPS) is 17.2. The lowest BCUT2D eigenvalue weighted by atomic mass is 9.89. The number of nitrogens with two attached hydrogens (primary N) is 1. The van der Waals surface area contributed by atoms with Gasteiger partial charge in [-0.2, -0.15) is 0 Å². The number of hydrogen-bond donors (Lipinski definition) is 1. The van der Waals surface area contributed by atoms with E-state index in [9.17, 15) is 4.39 Å². The lowest BCUT2D eigenvalue weighted by Gasteiger charge is -2.22. The molecule has 0 amide bonds. The Labute approximate surface area is 112 Å². The molecule has 0 aromatic rings. The molecule has 0 saturated heterocycles. The summed E-state index contributed by atoms with van der Waals surface area (Å²) in [6.45, 7) is 10.3. The Hall–Kier alpha value is -0.830. The predicted octanol–water partition coefficient (Wildman–Crippen LogP) is 3.85. The molecule has 3 heteroatoms. The molecule has 0 bridgehead atoms. The van der Waals surface area contributed by atoms with Gasteiger partial charge < -0.3 is 10.6 Å². The molecule has 2 N–H and O–H groups in total. The second-order valence-electron chi connectivity index (χ2n) is 4.68. The third-order valence-electron chi connectivity index (χ3n) is 3.38. The molecule has 18 heavy (non-hydrogen) atoms. The molecule has 0 aromatic heterocycles. The van der Waals surface area contributed by atoms with E-state index in [2.05, 4.69) is 25.8 Å². The molecule has 1 atom stereocenters. The average Bonchev–Trinajstić information content (AvgIpc) is 2.37. The van der Waals surface area contributed by atoms with Crippen molar-refractivity contribution in [2.45, 2.75) is 47.0 Å². The van der Waals surface area contributed by atoms with Crippen LogP contribution in [-0.4, -0.2) is 25.0 Å². The van der Waals surface area contributed by atoms with Gasteiger partial charge in [0, 0.05) is 5.70 Å². The van der Waals surface area contributed by atoms with E-state index in [-0.39, 0.29) is 5.83 Å². The largest absolute Gasteiger partial charge is 0.402 e. The zero-order valence-corrected chi connectivity index (χ0v) is 12.6. The van der Waals surface area contributed by atoms with Crippen molar-refractivity contribution in [3.63, 3.8) is 0 Å². The van der Waals surface area contributed by atoms with E-state index in [1.54, 1.807) is 0 Å². The molecule has 0 spiro atoms. The third kappa shape index (κ3) is 5.67. The summed E-state index contributed by atoms with van der Waals surface area (Å²) in [6, 6.07) is 0. The van der Waals surface area contributed by atoms with Crippen molar-refractivity contribution in [1.82, 2.24) is 4.90 Å². The number of rotatable bonds is 5. The molecule has 2 nitrogen and oxygen atoms in total. The van der Waals surface area contributed by atoms with Gasteiger partial charge in [-0.1, -0.05) is 27.7 Å². The second-order valence-corrected chi connectivity index (χ2v) is 4.68. The van der Waals surface area contributed by atoms with Gasteiger partial charge in [0.2, 0.25) is 0 Å². The van der Waals surface area contributed by atoms with Gasteiger partial charge in [0.1, 0.15) is 5.83 Å². The Morgan fingerprint density at radius 2 is 2.00 bits per heavy atom. The van der Waals surface area contributed by atoms with Crippen LogP contribution in [0.5, 0.6) is 0 Å². The van der Waals surface area contributed by atoms with Crippen LogP contribution >= 0.6 is 0 Å². The van der Waals surface area contributed by atoms with Crippen molar-refractivity contribution < 1.29 is 4.39 Å². The van der Waals surface area contributed by atoms with E-state index in [4.69, 9.17) is 5.73 Å². The highest BCUT2D eigenvalue weighted by atomic mass is 19.1. The van der Waals surface area contributed by atoms with Crippen molar-refractivity contribution in [3.8, 4) is 0 Å². The quantitative estimate of drug-likeness (QED) is 0.809. The Balaban J connectivity index is 0.00000137. The number of nitrogens with zero attached hydrogens (tertiary/aromatic N) is 1. The van der Waals surface area contributed by atoms with Crippen LogP contribution in [0, 0.1) is 5.92 Å². The Morgan fingerprint density at radius 1 is 1.39 bits per heavy atom. The summed E-state index contributed by atoms with van der Waals surface area (Å²) in [7, 11) is 2.09. The first kappa shape index (κ1) is 17.2. The highest BCUT2D eigenvalue weighted by Crippen LogP contribution is 2.30. The van der Waals surface area contributed by atoms with Crippen LogP contribution in [0.15, 0.2) is 23.2 Å². The van der Waals surface area contributed by atoms with E-state index in [1.165, 1.54) is 6.08 Å². The Bertz CT molecular complexity index is 295. The van der Waals surface area contributed by atoms with Crippen molar-refractivity contribution in [2.75, 3.05) is 20.1 Å². The van der Waals surface area contributed by atoms with Crippen LogP contribution in [0.25, 0.3) is 0 Å². The lowest BCUT2D eigenvalue weighted by Crippen LogP contribution is -2.21. The highest BCUT2D eigenvalue weighted by Gasteiger charge is 2.17. The zero-order chi connectivity index (χ0) is 14.1. The summed E-state index contributed by atoms with van der Waals surface area (Å²) in [4.78, 5) is 2.25. The van der Waals surface area contributed by atoms with Gasteiger partial charge in [-0.25, -0.2) is 4.39 Å². The molecule has 1 unspecified atom stereocenters. The summed E-state index contributed by atoms with van der Waals surface area (Å²) in [6.07, 6.45) is 4.08. The average molecular weight is 256 g/mol. The zero-order valence-electron chi connectivity index (χ0n) is 12.6. The number of hydrogen-bond acceptors (Lipinski definition) is 2. The fraction of sp³-hybridized carbons (Fsp3) is 0.733. The topological polar surface area (TPSA) is 29.3 Å². The van der Waals surface area contributed by atoms with E-state index in [0.717, 1.165) is 37.9 Å². The SMILES string of the molecule is CC.CCN(C)CCC(C)C1=C(F)C=C(N)CC1. The van der Waals surface area contributed by atoms with Gasteiger partial charge in [-0.05, 0) is 57.0 Å². The van der Waals surface area contributed by atoms with Gasteiger partial charge in [-0.15, -0.1) is 0 Å². The minimum Gasteiger partial charge on any atom is -0.402 e. The molecular formula is C15H29FN2. The minimum atomic E-state index is -0.101. The fourth-order valence-corrected chi connectivity index (χ4v) is 1.95. The Morgan fingerprint density at radius 3 is 2.50 bits per heavy atom. The maximum Gasteiger partial charge on any atom is 0.124 e. The summed E-state index contributed by atoms with van der Waals surface area (Å²) < 4.78 is 13.7. The number of allylic oxidation sites excluding steroid dienone is 4. The van der Waals surface area contributed by atoms with Gasteiger partial charge in [0.25, 0.3) is 0 Å². The molecule has 106 valence electrons. The highest BCUT2D eigenvalue weighted by molar-refractivity contribution is 5.29. The van der Waals surface area contributed by atoms with Crippen molar-refractivity contribution >= 4 is 0 Å². The molecular weight excluding hydrogens is 227 g/mol. The van der Waals surface area contributed by atoms with Crippen LogP contribution in [0.2, 0.25) is 0 Å². The van der Waals surface area contributed by atoms with Crippen LogP contribution in [0.1, 0.15) is 47.0 Å². The maximum absolute atomic E-state index is 13.7. The summed E-state index contributed by atoms with van der Waals surface area (Å²) in [5.41, 5.74) is 7.22. The molecule has 0 radical (unpaired) electrons. The Kier molecular flexibility index (Phi) is 8.73. The standard InChI is InChI=1S/C13H23FN2.C2H6/c1-4-16(3)8-7-10(2)12-6-5-11(15)9-13(12)14;1-2/h9-10H,4-8,15H2,1-3H3;1-2H3. The van der Waals surface area contributed by atoms with Gasteiger partial charge in [0.15, 0.2) is 0 Å². The molecule has 0 heterocycles. The van der Waals surface area contributed by atoms with E-state index >= 15 is 0 Å². The molecule has 0 aliphatic heterocycles. The number of halogens is 1. The smallest absolute Gasteiger partial charge is 0.124 e. The summed E-state index contributed by atoms with van der Waals surface area (Å²) in [5, 5.41) is 0. The van der Waals surface area contributed by atoms with E-state index in [0.29, 0.717) is 11.6 Å². The van der Waals surface area contributed by atoms with Crippen LogP contribution in [-0.2, 0) is 0 Å². The molecule has 1 aliphatic carbocycles. The van der Waals surface area contributed by atoms with Crippen LogP contribution < -0.4 is 5.73 Å². The molecule has 1 aliphatic rings. The molecule has 0 aromatic carbocycles. The van der Waals surface area contributed by atoms with E-state index < -0.39 is 0 Å². The fourth-order valence-electron chi connectivity index (χ4n) is 1.95. The first-order valence-corrected chi connectivity index (χ1v) is 7.07. The first-order valence-electron chi connectivity index (χ1n) is 7.07. The van der Waals surface area contributed by atoms with Gasteiger partial charge >= 0.3 is 0 Å². The predicted molar refractivity (Wildman–Crippen MR) is 77.9 cm³/mol. The first-order chi connectivity index (χ1) is 8.54. The third-order valence-corrected chi connectivity index (χ3v) is 3.38.